The minimum Gasteiger partial charge on any atom is -0.493 e. The first-order valence-corrected chi connectivity index (χ1v) is 8.84. The standard InChI is InChI=1S/C19H15FN2O5S/c1-26-15-8-11(6-7-14(15)27-10-17(23)24)9-16-18(25)22-19(28-16)21-13-5-3-2-4-12(13)20/h2-9H,10H2,1H3,(H,23,24)(H,21,22,25)/b16-9-. The number of thioether (sulfide) groups is 1. The Balaban J connectivity index is 1.80. The quantitative estimate of drug-likeness (QED) is 0.721. The largest absolute Gasteiger partial charge is 0.493 e. The molecule has 0 radical (unpaired) electrons. The van der Waals surface area contributed by atoms with E-state index in [4.69, 9.17) is 14.6 Å². The molecule has 2 aromatic rings. The monoisotopic (exact) mass is 402 g/mol. The lowest BCUT2D eigenvalue weighted by atomic mass is 10.2. The van der Waals surface area contributed by atoms with Crippen molar-refractivity contribution in [3.63, 3.8) is 0 Å². The summed E-state index contributed by atoms with van der Waals surface area (Å²) in [5, 5.41) is 11.6. The second-order valence-corrected chi connectivity index (χ2v) is 6.56. The van der Waals surface area contributed by atoms with Gasteiger partial charge in [0.25, 0.3) is 5.91 Å². The molecule has 7 nitrogen and oxygen atoms in total. The molecule has 0 spiro atoms. The van der Waals surface area contributed by atoms with Crippen molar-refractivity contribution in [2.45, 2.75) is 0 Å². The van der Waals surface area contributed by atoms with Gasteiger partial charge >= 0.3 is 5.97 Å². The third kappa shape index (κ3) is 4.68. The van der Waals surface area contributed by atoms with E-state index in [-0.39, 0.29) is 22.5 Å². The van der Waals surface area contributed by atoms with Crippen LogP contribution in [0.2, 0.25) is 0 Å². The number of aliphatic carboxylic acids is 1. The molecule has 0 aliphatic carbocycles. The van der Waals surface area contributed by atoms with Gasteiger partial charge in [0.2, 0.25) is 0 Å². The molecule has 0 unspecified atom stereocenters. The van der Waals surface area contributed by atoms with E-state index >= 15 is 0 Å². The summed E-state index contributed by atoms with van der Waals surface area (Å²) >= 11 is 1.08. The fourth-order valence-corrected chi connectivity index (χ4v) is 3.15. The number of amidine groups is 1. The fourth-order valence-electron chi connectivity index (χ4n) is 2.32. The lowest BCUT2D eigenvalue weighted by Gasteiger charge is -2.09. The van der Waals surface area contributed by atoms with Gasteiger partial charge in [-0.3, -0.25) is 4.79 Å². The predicted octanol–water partition coefficient (Wildman–Crippen LogP) is 3.19. The average Bonchev–Trinajstić information content (AvgIpc) is 3.01. The van der Waals surface area contributed by atoms with Crippen LogP contribution in [0.3, 0.4) is 0 Å². The number of hydrogen-bond donors (Lipinski definition) is 2. The number of nitrogens with zero attached hydrogens (tertiary/aromatic N) is 1. The van der Waals surface area contributed by atoms with Crippen molar-refractivity contribution >= 4 is 40.6 Å². The molecule has 0 saturated carbocycles. The molecule has 0 atom stereocenters. The van der Waals surface area contributed by atoms with Gasteiger partial charge in [-0.15, -0.1) is 0 Å². The van der Waals surface area contributed by atoms with Gasteiger partial charge in [-0.1, -0.05) is 18.2 Å². The van der Waals surface area contributed by atoms with Gasteiger partial charge in [0, 0.05) is 0 Å². The van der Waals surface area contributed by atoms with E-state index in [9.17, 15) is 14.0 Å². The van der Waals surface area contributed by atoms with Crippen LogP contribution in [-0.2, 0) is 9.59 Å². The zero-order valence-corrected chi connectivity index (χ0v) is 15.5. The maximum absolute atomic E-state index is 13.7. The SMILES string of the molecule is COc1cc(/C=C2\SC(=Nc3ccccc3F)NC2=O)ccc1OCC(=O)O. The fraction of sp³-hybridized carbons (Fsp3) is 0.105. The molecule has 9 heteroatoms. The number of halogens is 1. The Hall–Kier alpha value is -3.33. The van der Waals surface area contributed by atoms with Crippen molar-refractivity contribution in [1.29, 1.82) is 0 Å². The van der Waals surface area contributed by atoms with Crippen LogP contribution in [0.5, 0.6) is 11.5 Å². The first-order valence-electron chi connectivity index (χ1n) is 8.03. The smallest absolute Gasteiger partial charge is 0.341 e. The Morgan fingerprint density at radius 3 is 2.79 bits per heavy atom. The topological polar surface area (TPSA) is 97.2 Å². The number of nitrogens with one attached hydrogen (secondary N) is 1. The van der Waals surface area contributed by atoms with Gasteiger partial charge in [-0.05, 0) is 47.7 Å². The minimum absolute atomic E-state index is 0.133. The molecule has 1 aliphatic rings. The van der Waals surface area contributed by atoms with Crippen molar-refractivity contribution in [1.82, 2.24) is 5.32 Å². The number of ether oxygens (including phenoxy) is 2. The lowest BCUT2D eigenvalue weighted by Crippen LogP contribution is -2.19. The Kier molecular flexibility index (Phi) is 5.95. The summed E-state index contributed by atoms with van der Waals surface area (Å²) in [4.78, 5) is 27.3. The zero-order chi connectivity index (χ0) is 20.1. The number of aliphatic imine (C=N–C) groups is 1. The van der Waals surface area contributed by atoms with E-state index in [2.05, 4.69) is 10.3 Å². The molecule has 0 bridgehead atoms. The molecule has 1 fully saturated rings. The van der Waals surface area contributed by atoms with Crippen molar-refractivity contribution < 1.29 is 28.6 Å². The summed E-state index contributed by atoms with van der Waals surface area (Å²) in [6.07, 6.45) is 1.62. The van der Waals surface area contributed by atoms with Crippen molar-refractivity contribution in [2.75, 3.05) is 13.7 Å². The molecule has 1 saturated heterocycles. The minimum atomic E-state index is -1.10. The van der Waals surface area contributed by atoms with Crippen LogP contribution in [0, 0.1) is 5.82 Å². The molecule has 3 rings (SSSR count). The molecule has 0 aromatic heterocycles. The molecule has 1 aliphatic heterocycles. The van der Waals surface area contributed by atoms with Gasteiger partial charge in [0.05, 0.1) is 12.0 Å². The van der Waals surface area contributed by atoms with Crippen LogP contribution in [0.1, 0.15) is 5.56 Å². The van der Waals surface area contributed by atoms with Crippen LogP contribution in [0.4, 0.5) is 10.1 Å². The summed E-state index contributed by atoms with van der Waals surface area (Å²) in [5.74, 6) is -1.33. The molecular weight excluding hydrogens is 387 g/mol. The van der Waals surface area contributed by atoms with E-state index < -0.39 is 18.4 Å². The van der Waals surface area contributed by atoms with Crippen LogP contribution >= 0.6 is 11.8 Å². The number of hydrogen-bond acceptors (Lipinski definition) is 6. The van der Waals surface area contributed by atoms with E-state index in [1.54, 1.807) is 36.4 Å². The maximum Gasteiger partial charge on any atom is 0.341 e. The Morgan fingerprint density at radius 1 is 1.29 bits per heavy atom. The number of carboxylic acid groups (broad SMARTS) is 1. The van der Waals surface area contributed by atoms with Gasteiger partial charge < -0.3 is 19.9 Å². The molecule has 2 N–H and O–H groups in total. The molecule has 1 amide bonds. The van der Waals surface area contributed by atoms with E-state index in [0.29, 0.717) is 16.2 Å². The molecule has 144 valence electrons. The zero-order valence-electron chi connectivity index (χ0n) is 14.6. The summed E-state index contributed by atoms with van der Waals surface area (Å²) in [7, 11) is 1.43. The third-order valence-corrected chi connectivity index (χ3v) is 4.47. The van der Waals surface area contributed by atoms with Crippen molar-refractivity contribution in [3.05, 3.63) is 58.8 Å². The summed E-state index contributed by atoms with van der Waals surface area (Å²) in [6.45, 7) is -0.495. The number of methoxy groups -OCH3 is 1. The number of para-hydroxylation sites is 1. The van der Waals surface area contributed by atoms with Gasteiger partial charge in [0.1, 0.15) is 11.5 Å². The maximum atomic E-state index is 13.7. The van der Waals surface area contributed by atoms with Crippen LogP contribution in [0.25, 0.3) is 6.08 Å². The van der Waals surface area contributed by atoms with Crippen LogP contribution in [-0.4, -0.2) is 35.9 Å². The predicted molar refractivity (Wildman–Crippen MR) is 103 cm³/mol. The molecular formula is C19H15FN2O5S. The second kappa shape index (κ2) is 8.57. The van der Waals surface area contributed by atoms with Crippen molar-refractivity contribution in [3.8, 4) is 11.5 Å². The third-order valence-electron chi connectivity index (χ3n) is 3.56. The Bertz CT molecular complexity index is 990. The summed E-state index contributed by atoms with van der Waals surface area (Å²) < 4.78 is 24.1. The van der Waals surface area contributed by atoms with Crippen LogP contribution in [0.15, 0.2) is 52.4 Å². The van der Waals surface area contributed by atoms with E-state index in [1.807, 2.05) is 0 Å². The molecule has 1 heterocycles. The summed E-state index contributed by atoms with van der Waals surface area (Å²) in [5.41, 5.74) is 0.775. The lowest BCUT2D eigenvalue weighted by molar-refractivity contribution is -0.139. The number of rotatable bonds is 6. The number of carboxylic acids is 1. The number of amides is 1. The molecule has 2 aromatic carbocycles. The van der Waals surface area contributed by atoms with E-state index in [0.717, 1.165) is 11.8 Å². The Labute approximate surface area is 163 Å². The number of carbonyl (C=O) groups excluding carboxylic acids is 1. The van der Waals surface area contributed by atoms with E-state index in [1.165, 1.54) is 19.2 Å². The average molecular weight is 402 g/mol. The van der Waals surface area contributed by atoms with Gasteiger partial charge in [0.15, 0.2) is 23.3 Å². The highest BCUT2D eigenvalue weighted by Crippen LogP contribution is 2.32. The van der Waals surface area contributed by atoms with Gasteiger partial charge in [-0.2, -0.15) is 0 Å². The normalized spacial score (nSPS) is 16.3. The number of benzene rings is 2. The van der Waals surface area contributed by atoms with Crippen LogP contribution < -0.4 is 14.8 Å². The first-order chi connectivity index (χ1) is 13.5. The highest BCUT2D eigenvalue weighted by Gasteiger charge is 2.24. The Morgan fingerprint density at radius 2 is 2.07 bits per heavy atom. The van der Waals surface area contributed by atoms with Crippen molar-refractivity contribution in [2.24, 2.45) is 4.99 Å². The summed E-state index contributed by atoms with van der Waals surface area (Å²) in [6, 6.07) is 10.8. The highest BCUT2D eigenvalue weighted by molar-refractivity contribution is 8.18. The number of carbonyl (C=O) groups is 2. The second-order valence-electron chi connectivity index (χ2n) is 5.53. The first kappa shape index (κ1) is 19.4. The van der Waals surface area contributed by atoms with Gasteiger partial charge in [-0.25, -0.2) is 14.2 Å². The highest BCUT2D eigenvalue weighted by atomic mass is 32.2. The molecule has 28 heavy (non-hydrogen) atoms.